The van der Waals surface area contributed by atoms with Crippen LogP contribution in [0.2, 0.25) is 0 Å². The molecule has 1 fully saturated rings. The van der Waals surface area contributed by atoms with E-state index < -0.39 is 10.0 Å². The number of methoxy groups -OCH3 is 2. The lowest BCUT2D eigenvalue weighted by Gasteiger charge is -2.31. The summed E-state index contributed by atoms with van der Waals surface area (Å²) in [4.78, 5) is 1.34. The minimum absolute atomic E-state index is 0.178. The number of nitrogens with zero attached hydrogens (tertiary/aromatic N) is 1. The normalized spacial score (nSPS) is 16.3. The molecule has 1 aliphatic heterocycles. The maximum Gasteiger partial charge on any atom is 0.243 e. The van der Waals surface area contributed by atoms with Crippen molar-refractivity contribution in [2.45, 2.75) is 11.4 Å². The van der Waals surface area contributed by atoms with E-state index in [1.165, 1.54) is 41.6 Å². The highest BCUT2D eigenvalue weighted by Gasteiger charge is 2.31. The Kier molecular flexibility index (Phi) is 5.98. The molecular weight excluding hydrogens is 371 g/mol. The van der Waals surface area contributed by atoms with E-state index in [0.29, 0.717) is 49.8 Å². The van der Waals surface area contributed by atoms with Gasteiger partial charge in [-0.1, -0.05) is 18.2 Å². The average Bonchev–Trinajstić information content (AvgIpc) is 2.69. The predicted octanol–water partition coefficient (Wildman–Crippen LogP) is 0.932. The van der Waals surface area contributed by atoms with E-state index in [4.69, 9.17) is 9.47 Å². The molecule has 0 bridgehead atoms. The minimum Gasteiger partial charge on any atom is -0.493 e. The van der Waals surface area contributed by atoms with E-state index in [0.717, 1.165) is 0 Å². The van der Waals surface area contributed by atoms with Gasteiger partial charge in [0.15, 0.2) is 11.5 Å². The molecule has 1 heterocycles. The fraction of sp³-hybridized carbons (Fsp3) is 0.368. The Bertz CT molecular complexity index is 896. The van der Waals surface area contributed by atoms with Gasteiger partial charge in [0.25, 0.3) is 0 Å². The van der Waals surface area contributed by atoms with Crippen molar-refractivity contribution in [1.82, 2.24) is 4.31 Å². The Morgan fingerprint density at radius 1 is 1.04 bits per heavy atom. The summed E-state index contributed by atoms with van der Waals surface area (Å²) in [7, 11) is -0.639. The van der Waals surface area contributed by atoms with Crippen LogP contribution in [0.4, 0.5) is 4.39 Å². The Hall–Kier alpha value is -2.16. The van der Waals surface area contributed by atoms with Gasteiger partial charge in [-0.3, -0.25) is 0 Å². The third kappa shape index (κ3) is 4.23. The lowest BCUT2D eigenvalue weighted by molar-refractivity contribution is -0.917. The van der Waals surface area contributed by atoms with Crippen LogP contribution in [0.5, 0.6) is 11.5 Å². The molecule has 27 heavy (non-hydrogen) atoms. The molecule has 0 atom stereocenters. The molecular formula is C19H24FN2O4S+. The van der Waals surface area contributed by atoms with Crippen molar-refractivity contribution in [2.75, 3.05) is 40.4 Å². The topological polar surface area (TPSA) is 60.3 Å². The highest BCUT2D eigenvalue weighted by atomic mass is 32.2. The number of piperazine rings is 1. The SMILES string of the molecule is COc1ccc(S(=O)(=O)N2CC[NH+](Cc3ccccc3F)CC2)cc1OC. The number of halogens is 1. The lowest BCUT2D eigenvalue weighted by Crippen LogP contribution is -3.13. The van der Waals surface area contributed by atoms with Crippen LogP contribution in [-0.4, -0.2) is 53.1 Å². The van der Waals surface area contributed by atoms with Crippen molar-refractivity contribution in [3.8, 4) is 11.5 Å². The number of quaternary nitrogens is 1. The van der Waals surface area contributed by atoms with Gasteiger partial charge in [0.1, 0.15) is 12.4 Å². The number of ether oxygens (including phenoxy) is 2. The van der Waals surface area contributed by atoms with Crippen molar-refractivity contribution < 1.29 is 27.2 Å². The maximum absolute atomic E-state index is 13.8. The second kappa shape index (κ2) is 8.24. The summed E-state index contributed by atoms with van der Waals surface area (Å²) < 4.78 is 51.5. The summed E-state index contributed by atoms with van der Waals surface area (Å²) >= 11 is 0. The standard InChI is InChI=1S/C19H23FN2O4S/c1-25-18-8-7-16(13-19(18)26-2)27(23,24)22-11-9-21(10-12-22)14-15-5-3-4-6-17(15)20/h3-8,13H,9-12,14H2,1-2H3/p+1. The van der Waals surface area contributed by atoms with Crippen molar-refractivity contribution in [3.63, 3.8) is 0 Å². The summed E-state index contributed by atoms with van der Waals surface area (Å²) in [5, 5.41) is 0. The van der Waals surface area contributed by atoms with Gasteiger partial charge in [-0.05, 0) is 18.2 Å². The minimum atomic E-state index is -3.61. The first kappa shape index (κ1) is 19.6. The maximum atomic E-state index is 13.8. The Labute approximate surface area is 159 Å². The predicted molar refractivity (Wildman–Crippen MR) is 99.1 cm³/mol. The molecule has 0 unspecified atom stereocenters. The number of hydrogen-bond donors (Lipinski definition) is 1. The van der Waals surface area contributed by atoms with Crippen LogP contribution in [-0.2, 0) is 16.6 Å². The van der Waals surface area contributed by atoms with Gasteiger partial charge in [-0.25, -0.2) is 12.8 Å². The number of nitrogens with one attached hydrogen (secondary N) is 1. The van der Waals surface area contributed by atoms with E-state index in [1.54, 1.807) is 18.2 Å². The molecule has 8 heteroatoms. The van der Waals surface area contributed by atoms with Gasteiger partial charge in [-0.2, -0.15) is 4.31 Å². The molecule has 3 rings (SSSR count). The number of rotatable bonds is 6. The van der Waals surface area contributed by atoms with Gasteiger partial charge in [0.2, 0.25) is 10.0 Å². The molecule has 2 aromatic carbocycles. The summed E-state index contributed by atoms with van der Waals surface area (Å²) in [5.41, 5.74) is 0.656. The highest BCUT2D eigenvalue weighted by molar-refractivity contribution is 7.89. The lowest BCUT2D eigenvalue weighted by atomic mass is 10.2. The molecule has 0 spiro atoms. The fourth-order valence-electron chi connectivity index (χ4n) is 3.26. The van der Waals surface area contributed by atoms with E-state index >= 15 is 0 Å². The molecule has 0 amide bonds. The molecule has 1 aliphatic rings. The fourth-order valence-corrected chi connectivity index (χ4v) is 4.71. The third-order valence-corrected chi connectivity index (χ3v) is 6.72. The number of sulfonamides is 1. The summed E-state index contributed by atoms with van der Waals surface area (Å²) in [6.45, 7) is 2.58. The Balaban J connectivity index is 1.69. The number of benzene rings is 2. The van der Waals surface area contributed by atoms with Gasteiger partial charge < -0.3 is 14.4 Å². The van der Waals surface area contributed by atoms with E-state index in [-0.39, 0.29) is 10.7 Å². The van der Waals surface area contributed by atoms with Crippen LogP contribution < -0.4 is 14.4 Å². The Morgan fingerprint density at radius 2 is 1.70 bits per heavy atom. The molecule has 1 saturated heterocycles. The quantitative estimate of drug-likeness (QED) is 0.791. The van der Waals surface area contributed by atoms with Crippen molar-refractivity contribution in [1.29, 1.82) is 0 Å². The smallest absolute Gasteiger partial charge is 0.243 e. The van der Waals surface area contributed by atoms with Crippen molar-refractivity contribution in [2.24, 2.45) is 0 Å². The molecule has 0 radical (unpaired) electrons. The highest BCUT2D eigenvalue weighted by Crippen LogP contribution is 2.30. The summed E-state index contributed by atoms with van der Waals surface area (Å²) in [6, 6.07) is 11.3. The second-order valence-electron chi connectivity index (χ2n) is 6.44. The molecule has 146 valence electrons. The molecule has 0 saturated carbocycles. The Morgan fingerprint density at radius 3 is 2.33 bits per heavy atom. The number of hydrogen-bond acceptors (Lipinski definition) is 4. The summed E-state index contributed by atoms with van der Waals surface area (Å²) in [5.74, 6) is 0.642. The first-order valence-corrected chi connectivity index (χ1v) is 10.2. The van der Waals surface area contributed by atoms with Crippen LogP contribution in [0.1, 0.15) is 5.56 Å². The summed E-state index contributed by atoms with van der Waals surface area (Å²) in [6.07, 6.45) is 0. The largest absolute Gasteiger partial charge is 0.493 e. The molecule has 0 aliphatic carbocycles. The average molecular weight is 395 g/mol. The first-order chi connectivity index (χ1) is 13.0. The van der Waals surface area contributed by atoms with Crippen molar-refractivity contribution in [3.05, 3.63) is 53.8 Å². The third-order valence-electron chi connectivity index (χ3n) is 4.82. The molecule has 6 nitrogen and oxygen atoms in total. The van der Waals surface area contributed by atoms with Crippen LogP contribution in [0.3, 0.4) is 0 Å². The first-order valence-electron chi connectivity index (χ1n) is 8.75. The van der Waals surface area contributed by atoms with Crippen LogP contribution >= 0.6 is 0 Å². The molecule has 0 aromatic heterocycles. The zero-order valence-electron chi connectivity index (χ0n) is 15.4. The van der Waals surface area contributed by atoms with E-state index in [2.05, 4.69) is 0 Å². The molecule has 1 N–H and O–H groups in total. The van der Waals surface area contributed by atoms with Gasteiger partial charge >= 0.3 is 0 Å². The van der Waals surface area contributed by atoms with E-state index in [9.17, 15) is 12.8 Å². The second-order valence-corrected chi connectivity index (χ2v) is 8.38. The zero-order valence-corrected chi connectivity index (χ0v) is 16.3. The van der Waals surface area contributed by atoms with Gasteiger partial charge in [0.05, 0.1) is 45.3 Å². The zero-order chi connectivity index (χ0) is 19.4. The van der Waals surface area contributed by atoms with Crippen molar-refractivity contribution >= 4 is 10.0 Å². The van der Waals surface area contributed by atoms with Crippen LogP contribution in [0.15, 0.2) is 47.4 Å². The van der Waals surface area contributed by atoms with Crippen LogP contribution in [0, 0.1) is 5.82 Å². The monoisotopic (exact) mass is 395 g/mol. The molecule has 2 aromatic rings. The van der Waals surface area contributed by atoms with Crippen LogP contribution in [0.25, 0.3) is 0 Å². The van der Waals surface area contributed by atoms with Gasteiger partial charge in [0, 0.05) is 11.6 Å². The van der Waals surface area contributed by atoms with E-state index in [1.807, 2.05) is 6.07 Å². The van der Waals surface area contributed by atoms with Gasteiger partial charge in [-0.15, -0.1) is 0 Å².